The molecule has 1 N–H and O–H groups in total. The largest absolute Gasteiger partial charge is 0.482 e. The van der Waals surface area contributed by atoms with Gasteiger partial charge in [-0.3, -0.25) is 4.79 Å². The lowest BCUT2D eigenvalue weighted by Crippen LogP contribution is -2.31. The number of carbonyl (C=O) groups is 2. The molecule has 0 aliphatic heterocycles. The average Bonchev–Trinajstić information content (AvgIpc) is 3.08. The second-order valence-corrected chi connectivity index (χ2v) is 6.48. The molecule has 0 unspecified atom stereocenters. The molecule has 0 bridgehead atoms. The predicted molar refractivity (Wildman–Crippen MR) is 93.2 cm³/mol. The summed E-state index contributed by atoms with van der Waals surface area (Å²) >= 11 is 1.56. The zero-order valence-electron chi connectivity index (χ0n) is 14.0. The van der Waals surface area contributed by atoms with Crippen molar-refractivity contribution in [2.45, 2.75) is 26.8 Å². The molecular weight excluding hydrogens is 326 g/mol. The molecule has 1 aromatic carbocycles. The van der Waals surface area contributed by atoms with E-state index in [1.54, 1.807) is 17.4 Å². The third kappa shape index (κ3) is 5.38. The highest BCUT2D eigenvalue weighted by Gasteiger charge is 2.13. The number of nitrogens with one attached hydrogen (secondary N) is 1. The Labute approximate surface area is 145 Å². The van der Waals surface area contributed by atoms with Crippen molar-refractivity contribution in [3.05, 3.63) is 51.7 Å². The van der Waals surface area contributed by atoms with Crippen molar-refractivity contribution >= 4 is 23.2 Å². The molecule has 0 spiro atoms. The lowest BCUT2D eigenvalue weighted by atomic mass is 10.1. The van der Waals surface area contributed by atoms with E-state index in [2.05, 4.69) is 5.32 Å². The molecule has 6 heteroatoms. The number of aryl methyl sites for hydroxylation is 2. The Morgan fingerprint density at radius 3 is 2.62 bits per heavy atom. The van der Waals surface area contributed by atoms with Crippen molar-refractivity contribution in [2.75, 3.05) is 13.2 Å². The highest BCUT2D eigenvalue weighted by Crippen LogP contribution is 2.18. The first-order valence-corrected chi connectivity index (χ1v) is 8.52. The number of thiophene rings is 1. The summed E-state index contributed by atoms with van der Waals surface area (Å²) in [5.74, 6) is -0.312. The molecule has 5 nitrogen and oxygen atoms in total. The summed E-state index contributed by atoms with van der Waals surface area (Å²) in [5, 5.41) is 4.73. The molecule has 2 rings (SSSR count). The number of amides is 1. The zero-order chi connectivity index (χ0) is 17.5. The number of rotatable bonds is 7. The van der Waals surface area contributed by atoms with Gasteiger partial charge in [-0.2, -0.15) is 0 Å². The van der Waals surface area contributed by atoms with Crippen molar-refractivity contribution < 1.29 is 19.1 Å². The van der Waals surface area contributed by atoms with E-state index in [4.69, 9.17) is 9.47 Å². The first kappa shape index (κ1) is 18.0. The van der Waals surface area contributed by atoms with Crippen LogP contribution in [0.2, 0.25) is 0 Å². The maximum Gasteiger partial charge on any atom is 0.344 e. The second kappa shape index (κ2) is 8.49. The van der Waals surface area contributed by atoms with Crippen LogP contribution in [0.3, 0.4) is 0 Å². The standard InChI is InChI=1S/C18H21NO4S/c1-12-6-7-15(9-13(12)2)22-11-18(21)23-10-17(20)19-14(3)16-5-4-8-24-16/h4-9,14H,10-11H2,1-3H3,(H,19,20)/t14-/m0/s1. The number of carbonyl (C=O) groups excluding carboxylic acids is 2. The Bertz CT molecular complexity index is 697. The Hall–Kier alpha value is -2.34. The lowest BCUT2D eigenvalue weighted by molar-refractivity contribution is -0.150. The van der Waals surface area contributed by atoms with E-state index in [1.165, 1.54) is 0 Å². The van der Waals surface area contributed by atoms with E-state index in [-0.39, 0.29) is 25.2 Å². The monoisotopic (exact) mass is 347 g/mol. The Kier molecular flexibility index (Phi) is 6.37. The van der Waals surface area contributed by atoms with Gasteiger partial charge in [-0.05, 0) is 55.5 Å². The van der Waals surface area contributed by atoms with E-state index in [0.717, 1.165) is 16.0 Å². The number of esters is 1. The van der Waals surface area contributed by atoms with Gasteiger partial charge in [0, 0.05) is 4.88 Å². The van der Waals surface area contributed by atoms with Crippen molar-refractivity contribution in [1.29, 1.82) is 0 Å². The molecule has 1 heterocycles. The van der Waals surface area contributed by atoms with Gasteiger partial charge in [-0.1, -0.05) is 12.1 Å². The average molecular weight is 347 g/mol. The summed E-state index contributed by atoms with van der Waals surface area (Å²) < 4.78 is 10.3. The van der Waals surface area contributed by atoms with Crippen LogP contribution in [0.4, 0.5) is 0 Å². The van der Waals surface area contributed by atoms with Gasteiger partial charge in [0.15, 0.2) is 13.2 Å². The summed E-state index contributed by atoms with van der Waals surface area (Å²) in [5.41, 5.74) is 2.24. The molecular formula is C18H21NO4S. The second-order valence-electron chi connectivity index (χ2n) is 5.50. The molecule has 1 atom stereocenters. The van der Waals surface area contributed by atoms with Gasteiger partial charge in [0.1, 0.15) is 5.75 Å². The number of ether oxygens (including phenoxy) is 2. The van der Waals surface area contributed by atoms with E-state index in [0.29, 0.717) is 5.75 Å². The van der Waals surface area contributed by atoms with Gasteiger partial charge < -0.3 is 14.8 Å². The van der Waals surface area contributed by atoms with Gasteiger partial charge in [0.25, 0.3) is 5.91 Å². The molecule has 0 radical (unpaired) electrons. The SMILES string of the molecule is Cc1ccc(OCC(=O)OCC(=O)N[C@@H](C)c2cccs2)cc1C. The third-order valence-corrected chi connectivity index (χ3v) is 4.60. The maximum absolute atomic E-state index is 11.8. The molecule has 24 heavy (non-hydrogen) atoms. The fourth-order valence-corrected chi connectivity index (χ4v) is 2.76. The molecule has 2 aromatic rings. The highest BCUT2D eigenvalue weighted by atomic mass is 32.1. The van der Waals surface area contributed by atoms with E-state index in [1.807, 2.05) is 50.4 Å². The molecule has 128 valence electrons. The molecule has 1 amide bonds. The highest BCUT2D eigenvalue weighted by molar-refractivity contribution is 7.10. The maximum atomic E-state index is 11.8. The number of hydrogen-bond acceptors (Lipinski definition) is 5. The summed E-state index contributed by atoms with van der Waals surface area (Å²) in [6.07, 6.45) is 0. The van der Waals surface area contributed by atoms with Gasteiger partial charge in [-0.25, -0.2) is 4.79 Å². The van der Waals surface area contributed by atoms with Crippen LogP contribution in [-0.4, -0.2) is 25.1 Å². The van der Waals surface area contributed by atoms with Crippen LogP contribution in [0.15, 0.2) is 35.7 Å². The van der Waals surface area contributed by atoms with Crippen LogP contribution in [0.1, 0.15) is 29.0 Å². The lowest BCUT2D eigenvalue weighted by Gasteiger charge is -2.12. The first-order valence-electron chi connectivity index (χ1n) is 7.64. The van der Waals surface area contributed by atoms with Crippen LogP contribution in [0.25, 0.3) is 0 Å². The van der Waals surface area contributed by atoms with Crippen LogP contribution >= 0.6 is 11.3 Å². The summed E-state index contributed by atoms with van der Waals surface area (Å²) in [6, 6.07) is 9.34. The molecule has 0 aliphatic carbocycles. The van der Waals surface area contributed by atoms with Crippen LogP contribution < -0.4 is 10.1 Å². The Balaban J connectivity index is 1.70. The van der Waals surface area contributed by atoms with Crippen molar-refractivity contribution in [1.82, 2.24) is 5.32 Å². The minimum atomic E-state index is -0.577. The fraction of sp³-hybridized carbons (Fsp3) is 0.333. The molecule has 0 aliphatic rings. The van der Waals surface area contributed by atoms with Gasteiger partial charge in [-0.15, -0.1) is 11.3 Å². The van der Waals surface area contributed by atoms with Crippen molar-refractivity contribution in [3.63, 3.8) is 0 Å². The summed E-state index contributed by atoms with van der Waals surface area (Å²) in [4.78, 5) is 24.5. The van der Waals surface area contributed by atoms with Crippen molar-refractivity contribution in [2.24, 2.45) is 0 Å². The minimum Gasteiger partial charge on any atom is -0.482 e. The fourth-order valence-electron chi connectivity index (χ4n) is 2.03. The first-order chi connectivity index (χ1) is 11.5. The number of hydrogen-bond donors (Lipinski definition) is 1. The van der Waals surface area contributed by atoms with Crippen LogP contribution in [0.5, 0.6) is 5.75 Å². The van der Waals surface area contributed by atoms with Crippen LogP contribution in [-0.2, 0) is 14.3 Å². The molecule has 1 aromatic heterocycles. The van der Waals surface area contributed by atoms with E-state index in [9.17, 15) is 9.59 Å². The molecule has 0 saturated heterocycles. The van der Waals surface area contributed by atoms with E-state index < -0.39 is 5.97 Å². The van der Waals surface area contributed by atoms with Gasteiger partial charge in [0.2, 0.25) is 0 Å². The number of benzene rings is 1. The Morgan fingerprint density at radius 2 is 1.96 bits per heavy atom. The van der Waals surface area contributed by atoms with Crippen LogP contribution in [0, 0.1) is 13.8 Å². The van der Waals surface area contributed by atoms with E-state index >= 15 is 0 Å². The summed E-state index contributed by atoms with van der Waals surface area (Å²) in [6.45, 7) is 5.32. The zero-order valence-corrected chi connectivity index (χ0v) is 14.8. The molecule has 0 saturated carbocycles. The molecule has 0 fully saturated rings. The quantitative estimate of drug-likeness (QED) is 0.782. The minimum absolute atomic E-state index is 0.108. The van der Waals surface area contributed by atoms with Gasteiger partial charge >= 0.3 is 5.97 Å². The smallest absolute Gasteiger partial charge is 0.344 e. The summed E-state index contributed by atoms with van der Waals surface area (Å²) in [7, 11) is 0. The van der Waals surface area contributed by atoms with Gasteiger partial charge in [0.05, 0.1) is 6.04 Å². The topological polar surface area (TPSA) is 64.6 Å². The van der Waals surface area contributed by atoms with Crippen molar-refractivity contribution in [3.8, 4) is 5.75 Å². The predicted octanol–water partition coefficient (Wildman–Crippen LogP) is 3.16. The third-order valence-electron chi connectivity index (χ3n) is 3.55. The normalized spacial score (nSPS) is 11.6. The Morgan fingerprint density at radius 1 is 1.17 bits per heavy atom.